The smallest absolute Gasteiger partial charge is 0.0738 e. The summed E-state index contributed by atoms with van der Waals surface area (Å²) in [6, 6.07) is 0. The fourth-order valence-electron chi connectivity index (χ4n) is 2.25. The van der Waals surface area contributed by atoms with Gasteiger partial charge in [-0.2, -0.15) is 5.10 Å². The number of halogens is 1. The van der Waals surface area contributed by atoms with E-state index in [0.29, 0.717) is 0 Å². The average molecular weight is 302 g/mol. The summed E-state index contributed by atoms with van der Waals surface area (Å²) in [5.74, 6) is 0. The molecule has 4 heteroatoms. The Bertz CT molecular complexity index is 359. The van der Waals surface area contributed by atoms with Crippen LogP contribution < -0.4 is 5.73 Å². The number of aromatic nitrogens is 2. The Balaban J connectivity index is 3.08. The van der Waals surface area contributed by atoms with Crippen molar-refractivity contribution < 1.29 is 0 Å². The van der Waals surface area contributed by atoms with Crippen molar-refractivity contribution in [1.29, 1.82) is 0 Å². The van der Waals surface area contributed by atoms with Crippen molar-refractivity contribution in [2.45, 2.75) is 53.5 Å². The molecular weight excluding hydrogens is 278 g/mol. The zero-order valence-corrected chi connectivity index (χ0v) is 13.0. The Morgan fingerprint density at radius 1 is 1.29 bits per heavy atom. The van der Waals surface area contributed by atoms with E-state index in [9.17, 15) is 0 Å². The molecule has 0 saturated heterocycles. The molecule has 0 aliphatic heterocycles. The van der Waals surface area contributed by atoms with Gasteiger partial charge in [-0.3, -0.25) is 4.68 Å². The van der Waals surface area contributed by atoms with Gasteiger partial charge in [-0.15, -0.1) is 0 Å². The monoisotopic (exact) mass is 301 g/mol. The lowest BCUT2D eigenvalue weighted by Crippen LogP contribution is -2.32. The Hall–Kier alpha value is -0.350. The zero-order chi connectivity index (χ0) is 13.1. The second kappa shape index (κ2) is 6.01. The SMILES string of the molecule is CCn1nc(C)c(Br)c1CC(CC)(CC)CN. The molecule has 1 rings (SSSR count). The summed E-state index contributed by atoms with van der Waals surface area (Å²) in [6.45, 7) is 10.3. The molecule has 17 heavy (non-hydrogen) atoms. The summed E-state index contributed by atoms with van der Waals surface area (Å²) >= 11 is 3.66. The van der Waals surface area contributed by atoms with Gasteiger partial charge in [0.2, 0.25) is 0 Å². The largest absolute Gasteiger partial charge is 0.330 e. The van der Waals surface area contributed by atoms with Crippen LogP contribution in [-0.2, 0) is 13.0 Å². The molecule has 0 aromatic carbocycles. The summed E-state index contributed by atoms with van der Waals surface area (Å²) in [6.07, 6.45) is 3.23. The van der Waals surface area contributed by atoms with Crippen molar-refractivity contribution in [1.82, 2.24) is 9.78 Å². The van der Waals surface area contributed by atoms with Gasteiger partial charge in [0.1, 0.15) is 0 Å². The third-order valence-corrected chi connectivity index (χ3v) is 4.96. The predicted octanol–water partition coefficient (Wildman–Crippen LogP) is 3.28. The highest BCUT2D eigenvalue weighted by Gasteiger charge is 2.28. The molecule has 1 heterocycles. The van der Waals surface area contributed by atoms with Crippen molar-refractivity contribution in [2.75, 3.05) is 6.54 Å². The molecular formula is C13H24BrN3. The van der Waals surface area contributed by atoms with Crippen molar-refractivity contribution in [3.05, 3.63) is 15.9 Å². The first-order chi connectivity index (χ1) is 8.03. The first-order valence-electron chi connectivity index (χ1n) is 6.45. The maximum atomic E-state index is 5.98. The van der Waals surface area contributed by atoms with Gasteiger partial charge in [-0.05, 0) is 61.0 Å². The molecule has 1 aromatic heterocycles. The molecule has 0 aliphatic rings. The summed E-state index contributed by atoms with van der Waals surface area (Å²) in [5, 5.41) is 4.54. The molecule has 0 amide bonds. The van der Waals surface area contributed by atoms with Gasteiger partial charge in [0.25, 0.3) is 0 Å². The minimum Gasteiger partial charge on any atom is -0.330 e. The summed E-state index contributed by atoms with van der Waals surface area (Å²) in [7, 11) is 0. The van der Waals surface area contributed by atoms with Crippen LogP contribution in [0.25, 0.3) is 0 Å². The molecule has 0 atom stereocenters. The number of rotatable bonds is 6. The maximum absolute atomic E-state index is 5.98. The Labute approximate surface area is 113 Å². The molecule has 0 aliphatic carbocycles. The summed E-state index contributed by atoms with van der Waals surface area (Å²) < 4.78 is 3.24. The normalized spacial score (nSPS) is 12.1. The number of hydrogen-bond donors (Lipinski definition) is 1. The molecule has 0 fully saturated rings. The second-order valence-electron chi connectivity index (χ2n) is 4.75. The minimum atomic E-state index is 0.210. The average Bonchev–Trinajstić information content (AvgIpc) is 2.63. The van der Waals surface area contributed by atoms with Crippen molar-refractivity contribution in [2.24, 2.45) is 11.1 Å². The van der Waals surface area contributed by atoms with Crippen LogP contribution in [0.15, 0.2) is 4.47 Å². The lowest BCUT2D eigenvalue weighted by atomic mass is 9.78. The Morgan fingerprint density at radius 3 is 2.29 bits per heavy atom. The summed E-state index contributed by atoms with van der Waals surface area (Å²) in [5.41, 5.74) is 8.55. The van der Waals surface area contributed by atoms with E-state index in [1.54, 1.807) is 0 Å². The highest BCUT2D eigenvalue weighted by molar-refractivity contribution is 9.10. The fraction of sp³-hybridized carbons (Fsp3) is 0.769. The fourth-order valence-corrected chi connectivity index (χ4v) is 2.68. The van der Waals surface area contributed by atoms with E-state index in [0.717, 1.165) is 42.5 Å². The van der Waals surface area contributed by atoms with Gasteiger partial charge in [-0.25, -0.2) is 0 Å². The molecule has 0 radical (unpaired) electrons. The zero-order valence-electron chi connectivity index (χ0n) is 11.4. The van der Waals surface area contributed by atoms with E-state index in [4.69, 9.17) is 5.73 Å². The van der Waals surface area contributed by atoms with Crippen LogP contribution in [0.4, 0.5) is 0 Å². The molecule has 2 N–H and O–H groups in total. The van der Waals surface area contributed by atoms with E-state index in [1.165, 1.54) is 5.69 Å². The number of nitrogens with zero attached hydrogens (tertiary/aromatic N) is 2. The number of aryl methyl sites for hydroxylation is 2. The first-order valence-corrected chi connectivity index (χ1v) is 7.24. The van der Waals surface area contributed by atoms with Gasteiger partial charge in [0.15, 0.2) is 0 Å². The van der Waals surface area contributed by atoms with Crippen LogP contribution >= 0.6 is 15.9 Å². The lowest BCUT2D eigenvalue weighted by molar-refractivity contribution is 0.263. The Kier molecular flexibility index (Phi) is 5.20. The molecule has 0 unspecified atom stereocenters. The standard InChI is InChI=1S/C13H24BrN3/c1-5-13(6-2,9-15)8-11-12(14)10(4)16-17(11)7-3/h5-9,15H2,1-4H3. The van der Waals surface area contributed by atoms with E-state index in [1.807, 2.05) is 6.92 Å². The van der Waals surface area contributed by atoms with E-state index >= 15 is 0 Å². The van der Waals surface area contributed by atoms with Crippen molar-refractivity contribution >= 4 is 15.9 Å². The first kappa shape index (κ1) is 14.7. The predicted molar refractivity (Wildman–Crippen MR) is 76.1 cm³/mol. The van der Waals surface area contributed by atoms with Crippen molar-refractivity contribution in [3.63, 3.8) is 0 Å². The second-order valence-corrected chi connectivity index (χ2v) is 5.54. The molecule has 1 aromatic rings. The van der Waals surface area contributed by atoms with Crippen LogP contribution in [0.2, 0.25) is 0 Å². The number of nitrogens with two attached hydrogens (primary N) is 1. The van der Waals surface area contributed by atoms with Gasteiger partial charge < -0.3 is 5.73 Å². The molecule has 98 valence electrons. The molecule has 0 spiro atoms. The third kappa shape index (κ3) is 2.91. The van der Waals surface area contributed by atoms with E-state index < -0.39 is 0 Å². The summed E-state index contributed by atoms with van der Waals surface area (Å²) in [4.78, 5) is 0. The van der Waals surface area contributed by atoms with Gasteiger partial charge in [0, 0.05) is 6.54 Å². The maximum Gasteiger partial charge on any atom is 0.0738 e. The number of hydrogen-bond acceptors (Lipinski definition) is 2. The van der Waals surface area contributed by atoms with E-state index in [-0.39, 0.29) is 5.41 Å². The Morgan fingerprint density at radius 2 is 1.88 bits per heavy atom. The third-order valence-electron chi connectivity index (χ3n) is 3.93. The van der Waals surface area contributed by atoms with Crippen LogP contribution in [-0.4, -0.2) is 16.3 Å². The van der Waals surface area contributed by atoms with E-state index in [2.05, 4.69) is 46.5 Å². The minimum absolute atomic E-state index is 0.210. The lowest BCUT2D eigenvalue weighted by Gasteiger charge is -2.30. The van der Waals surface area contributed by atoms with Gasteiger partial charge in [0.05, 0.1) is 15.9 Å². The van der Waals surface area contributed by atoms with Crippen LogP contribution in [0.3, 0.4) is 0 Å². The molecule has 3 nitrogen and oxygen atoms in total. The van der Waals surface area contributed by atoms with Gasteiger partial charge in [-0.1, -0.05) is 13.8 Å². The van der Waals surface area contributed by atoms with Crippen LogP contribution in [0, 0.1) is 12.3 Å². The highest BCUT2D eigenvalue weighted by Crippen LogP contribution is 2.33. The van der Waals surface area contributed by atoms with Crippen LogP contribution in [0.5, 0.6) is 0 Å². The quantitative estimate of drug-likeness (QED) is 0.876. The topological polar surface area (TPSA) is 43.8 Å². The molecule has 0 saturated carbocycles. The van der Waals surface area contributed by atoms with Crippen LogP contribution in [0.1, 0.15) is 45.0 Å². The van der Waals surface area contributed by atoms with Crippen molar-refractivity contribution in [3.8, 4) is 0 Å². The van der Waals surface area contributed by atoms with Gasteiger partial charge >= 0.3 is 0 Å². The highest BCUT2D eigenvalue weighted by atomic mass is 79.9. The molecule has 0 bridgehead atoms.